The van der Waals surface area contributed by atoms with E-state index < -0.39 is 9.84 Å². The predicted octanol–water partition coefficient (Wildman–Crippen LogP) is 1.78. The number of benzene rings is 1. The van der Waals surface area contributed by atoms with Crippen molar-refractivity contribution in [2.24, 2.45) is 0 Å². The number of hydrogen-bond acceptors (Lipinski definition) is 5. The van der Waals surface area contributed by atoms with Gasteiger partial charge in [-0.15, -0.1) is 0 Å². The minimum Gasteiger partial charge on any atom is -0.489 e. The average molecular weight is 282 g/mol. The Hall–Kier alpha value is -1.69. The molecule has 1 heterocycles. The summed E-state index contributed by atoms with van der Waals surface area (Å²) < 4.78 is 28.3. The maximum Gasteiger partial charge on any atom is 0.173 e. The number of sulfone groups is 1. The molecule has 2 rings (SSSR count). The summed E-state index contributed by atoms with van der Waals surface area (Å²) >= 11 is 0. The molecule has 6 heteroatoms. The van der Waals surface area contributed by atoms with Gasteiger partial charge in [0, 0.05) is 5.41 Å². The molecule has 1 aliphatic rings. The summed E-state index contributed by atoms with van der Waals surface area (Å²) in [5.41, 5.74) is 7.20. The summed E-state index contributed by atoms with van der Waals surface area (Å²) in [7, 11) is -3.07. The van der Waals surface area contributed by atoms with Gasteiger partial charge in [0.25, 0.3) is 0 Å². The van der Waals surface area contributed by atoms with Crippen molar-refractivity contribution in [2.45, 2.75) is 26.0 Å². The molecule has 1 atom stereocenters. The molecule has 0 radical (unpaired) electrons. The van der Waals surface area contributed by atoms with Gasteiger partial charge < -0.3 is 15.8 Å². The van der Waals surface area contributed by atoms with Crippen LogP contribution in [0.1, 0.15) is 13.8 Å². The van der Waals surface area contributed by atoms with E-state index in [0.29, 0.717) is 17.1 Å². The number of nitrogens with one attached hydrogen (secondary N) is 1. The molecular weight excluding hydrogens is 264 g/mol. The molecule has 0 saturated heterocycles. The maximum atomic E-state index is 11.3. The molecule has 1 aromatic rings. The molecule has 0 fully saturated rings. The van der Waals surface area contributed by atoms with Crippen LogP contribution < -0.4 is 15.8 Å². The van der Waals surface area contributed by atoms with Gasteiger partial charge in [0.15, 0.2) is 9.84 Å². The molecule has 0 aliphatic carbocycles. The second kappa shape index (κ2) is 5.13. The number of nitrogen functional groups attached to an aromatic ring is 1. The van der Waals surface area contributed by atoms with Gasteiger partial charge >= 0.3 is 0 Å². The number of nitrogens with two attached hydrogens (primary N) is 1. The molecule has 1 unspecified atom stereocenters. The first-order valence-corrected chi connectivity index (χ1v) is 7.81. The standard InChI is InChI=1S/C13H18N2O3S/c1-9(2)18-12-5-3-4-11(13(12)14)15-10-6-7-19(16,17)8-10/h3-7,9-10,15H,8,14H2,1-2H3. The molecule has 19 heavy (non-hydrogen) atoms. The summed E-state index contributed by atoms with van der Waals surface area (Å²) in [5.74, 6) is 0.659. The van der Waals surface area contributed by atoms with E-state index >= 15 is 0 Å². The number of hydrogen-bond donors (Lipinski definition) is 2. The lowest BCUT2D eigenvalue weighted by Gasteiger charge is -2.17. The quantitative estimate of drug-likeness (QED) is 0.823. The van der Waals surface area contributed by atoms with Crippen molar-refractivity contribution in [3.05, 3.63) is 29.7 Å². The highest BCUT2D eigenvalue weighted by Gasteiger charge is 2.22. The first-order chi connectivity index (χ1) is 8.87. The molecular formula is C13H18N2O3S. The van der Waals surface area contributed by atoms with Crippen LogP contribution in [0.4, 0.5) is 11.4 Å². The first-order valence-electron chi connectivity index (χ1n) is 6.10. The lowest BCUT2D eigenvalue weighted by molar-refractivity contribution is 0.244. The summed E-state index contributed by atoms with van der Waals surface area (Å²) in [6, 6.07) is 5.17. The zero-order chi connectivity index (χ0) is 14.0. The third kappa shape index (κ3) is 3.41. The molecule has 0 bridgehead atoms. The van der Waals surface area contributed by atoms with E-state index in [1.807, 2.05) is 19.9 Å². The van der Waals surface area contributed by atoms with Crippen molar-refractivity contribution in [1.29, 1.82) is 0 Å². The summed E-state index contributed by atoms with van der Waals surface area (Å²) in [6.45, 7) is 3.84. The second-order valence-electron chi connectivity index (χ2n) is 4.79. The van der Waals surface area contributed by atoms with E-state index in [9.17, 15) is 8.42 Å². The molecule has 5 nitrogen and oxygen atoms in total. The molecule has 0 aromatic heterocycles. The maximum absolute atomic E-state index is 11.3. The summed E-state index contributed by atoms with van der Waals surface area (Å²) in [6.07, 6.45) is 1.66. The Morgan fingerprint density at radius 3 is 2.74 bits per heavy atom. The van der Waals surface area contributed by atoms with Crippen LogP contribution in [0.5, 0.6) is 5.75 Å². The van der Waals surface area contributed by atoms with E-state index in [-0.39, 0.29) is 17.9 Å². The van der Waals surface area contributed by atoms with Gasteiger partial charge in [0.2, 0.25) is 0 Å². The van der Waals surface area contributed by atoms with Crippen molar-refractivity contribution in [3.8, 4) is 5.75 Å². The smallest absolute Gasteiger partial charge is 0.173 e. The van der Waals surface area contributed by atoms with Crippen LogP contribution in [-0.4, -0.2) is 26.3 Å². The van der Waals surface area contributed by atoms with Crippen molar-refractivity contribution < 1.29 is 13.2 Å². The van der Waals surface area contributed by atoms with Crippen molar-refractivity contribution in [1.82, 2.24) is 0 Å². The predicted molar refractivity (Wildman–Crippen MR) is 77.0 cm³/mol. The SMILES string of the molecule is CC(C)Oc1cccc(NC2C=CS(=O)(=O)C2)c1N. The summed E-state index contributed by atoms with van der Waals surface area (Å²) in [5, 5.41) is 4.34. The summed E-state index contributed by atoms with van der Waals surface area (Å²) in [4.78, 5) is 0. The van der Waals surface area contributed by atoms with Crippen molar-refractivity contribution >= 4 is 21.2 Å². The van der Waals surface area contributed by atoms with Gasteiger partial charge in [-0.2, -0.15) is 0 Å². The minimum absolute atomic E-state index is 0.0318. The Bertz CT molecular complexity index is 594. The van der Waals surface area contributed by atoms with Crippen LogP contribution in [0.25, 0.3) is 0 Å². The third-order valence-corrected chi connectivity index (χ3v) is 4.10. The van der Waals surface area contributed by atoms with E-state index in [4.69, 9.17) is 10.5 Å². The van der Waals surface area contributed by atoms with Gasteiger partial charge in [0.05, 0.1) is 29.3 Å². The highest BCUT2D eigenvalue weighted by atomic mass is 32.2. The van der Waals surface area contributed by atoms with Gasteiger partial charge in [-0.3, -0.25) is 0 Å². The highest BCUT2D eigenvalue weighted by Crippen LogP contribution is 2.31. The fraction of sp³-hybridized carbons (Fsp3) is 0.385. The third-order valence-electron chi connectivity index (χ3n) is 2.70. The van der Waals surface area contributed by atoms with Crippen LogP contribution in [0.3, 0.4) is 0 Å². The number of ether oxygens (including phenoxy) is 1. The number of rotatable bonds is 4. The van der Waals surface area contributed by atoms with Crippen LogP contribution in [0.2, 0.25) is 0 Å². The highest BCUT2D eigenvalue weighted by molar-refractivity contribution is 7.94. The molecule has 3 N–H and O–H groups in total. The second-order valence-corrected chi connectivity index (χ2v) is 6.72. The fourth-order valence-electron chi connectivity index (χ4n) is 1.89. The van der Waals surface area contributed by atoms with Gasteiger partial charge in [-0.1, -0.05) is 12.1 Å². The Morgan fingerprint density at radius 2 is 2.16 bits per heavy atom. The number of anilines is 2. The van der Waals surface area contributed by atoms with Gasteiger partial charge in [-0.05, 0) is 26.0 Å². The van der Waals surface area contributed by atoms with E-state index in [0.717, 1.165) is 0 Å². The van der Waals surface area contributed by atoms with Crippen molar-refractivity contribution in [3.63, 3.8) is 0 Å². The van der Waals surface area contributed by atoms with Crippen LogP contribution in [0.15, 0.2) is 29.7 Å². The Morgan fingerprint density at radius 1 is 1.42 bits per heavy atom. The number of para-hydroxylation sites is 1. The monoisotopic (exact) mass is 282 g/mol. The molecule has 104 valence electrons. The zero-order valence-electron chi connectivity index (χ0n) is 11.0. The minimum atomic E-state index is -3.07. The Balaban J connectivity index is 2.16. The van der Waals surface area contributed by atoms with Crippen LogP contribution in [-0.2, 0) is 9.84 Å². The van der Waals surface area contributed by atoms with Crippen LogP contribution >= 0.6 is 0 Å². The Labute approximate surface area is 113 Å². The molecule has 0 saturated carbocycles. The topological polar surface area (TPSA) is 81.4 Å². The molecule has 1 aromatic carbocycles. The van der Waals surface area contributed by atoms with Crippen LogP contribution in [0, 0.1) is 0 Å². The largest absolute Gasteiger partial charge is 0.489 e. The van der Waals surface area contributed by atoms with Crippen molar-refractivity contribution in [2.75, 3.05) is 16.8 Å². The fourth-order valence-corrected chi connectivity index (χ4v) is 3.13. The Kier molecular flexibility index (Phi) is 3.71. The first kappa shape index (κ1) is 13.7. The lowest BCUT2D eigenvalue weighted by Crippen LogP contribution is -2.21. The van der Waals surface area contributed by atoms with Gasteiger partial charge in [-0.25, -0.2) is 8.42 Å². The lowest BCUT2D eigenvalue weighted by atomic mass is 10.2. The average Bonchev–Trinajstić information content (AvgIpc) is 2.63. The molecule has 0 spiro atoms. The zero-order valence-corrected chi connectivity index (χ0v) is 11.8. The van der Waals surface area contributed by atoms with E-state index in [1.54, 1.807) is 18.2 Å². The normalized spacial score (nSPS) is 20.7. The van der Waals surface area contributed by atoms with E-state index in [1.165, 1.54) is 5.41 Å². The molecule has 0 amide bonds. The molecule has 1 aliphatic heterocycles. The van der Waals surface area contributed by atoms with E-state index in [2.05, 4.69) is 5.32 Å². The van der Waals surface area contributed by atoms with Gasteiger partial charge in [0.1, 0.15) is 5.75 Å².